The molecule has 0 aliphatic carbocycles. The molecule has 0 fully saturated rings. The van der Waals surface area contributed by atoms with Crippen LogP contribution in [0.3, 0.4) is 0 Å². The summed E-state index contributed by atoms with van der Waals surface area (Å²) < 4.78 is 11.2. The third kappa shape index (κ3) is 5.38. The SMILES string of the molecule is COc1ccc2c(Cc3c(Cl)cncc3Cl)nnc(-c3cccc(OCCCC(=O)O)c3)c2c1. The van der Waals surface area contributed by atoms with Crippen LogP contribution in [-0.4, -0.2) is 40.0 Å². The highest BCUT2D eigenvalue weighted by molar-refractivity contribution is 6.35. The number of hydrogen-bond donors (Lipinski definition) is 1. The Kier molecular flexibility index (Phi) is 7.45. The normalized spacial score (nSPS) is 10.9. The molecule has 0 amide bonds. The quantitative estimate of drug-likeness (QED) is 0.290. The third-order valence-corrected chi connectivity index (χ3v) is 5.92. The average Bonchev–Trinajstić information content (AvgIpc) is 2.84. The van der Waals surface area contributed by atoms with Crippen LogP contribution in [0.15, 0.2) is 54.9 Å². The van der Waals surface area contributed by atoms with E-state index in [0.29, 0.717) is 46.7 Å². The molecule has 0 aliphatic heterocycles. The molecule has 4 aromatic rings. The van der Waals surface area contributed by atoms with Crippen LogP contribution in [0.4, 0.5) is 0 Å². The van der Waals surface area contributed by atoms with Crippen LogP contribution in [0, 0.1) is 0 Å². The number of halogens is 2. The van der Waals surface area contributed by atoms with E-state index >= 15 is 0 Å². The highest BCUT2D eigenvalue weighted by Crippen LogP contribution is 2.34. The Morgan fingerprint density at radius 1 is 1.00 bits per heavy atom. The van der Waals surface area contributed by atoms with Gasteiger partial charge in [0.2, 0.25) is 0 Å². The van der Waals surface area contributed by atoms with E-state index in [2.05, 4.69) is 15.2 Å². The van der Waals surface area contributed by atoms with E-state index in [1.54, 1.807) is 19.5 Å². The van der Waals surface area contributed by atoms with E-state index in [-0.39, 0.29) is 6.42 Å². The summed E-state index contributed by atoms with van der Waals surface area (Å²) in [7, 11) is 1.61. The minimum absolute atomic E-state index is 0.0581. The second-order valence-electron chi connectivity index (χ2n) is 7.54. The molecular formula is C25H21Cl2N3O4. The van der Waals surface area contributed by atoms with Gasteiger partial charge in [-0.3, -0.25) is 9.78 Å². The Labute approximate surface area is 206 Å². The first-order chi connectivity index (χ1) is 16.5. The van der Waals surface area contributed by atoms with Gasteiger partial charge < -0.3 is 14.6 Å². The van der Waals surface area contributed by atoms with Crippen molar-refractivity contribution in [1.29, 1.82) is 0 Å². The Morgan fingerprint density at radius 3 is 2.53 bits per heavy atom. The third-order valence-electron chi connectivity index (χ3n) is 5.27. The van der Waals surface area contributed by atoms with Crippen LogP contribution in [0.25, 0.3) is 22.0 Å². The van der Waals surface area contributed by atoms with Gasteiger partial charge in [0.05, 0.1) is 29.5 Å². The number of carbonyl (C=O) groups is 1. The highest BCUT2D eigenvalue weighted by Gasteiger charge is 2.16. The summed E-state index contributed by atoms with van der Waals surface area (Å²) in [5.74, 6) is 0.469. The first kappa shape index (κ1) is 23.7. The molecule has 0 unspecified atom stereocenters. The number of benzene rings is 2. The number of rotatable bonds is 9. The van der Waals surface area contributed by atoms with Gasteiger partial charge in [0.25, 0.3) is 0 Å². The highest BCUT2D eigenvalue weighted by atomic mass is 35.5. The number of carboxylic acids is 1. The van der Waals surface area contributed by atoms with E-state index < -0.39 is 5.97 Å². The predicted molar refractivity (Wildman–Crippen MR) is 131 cm³/mol. The number of pyridine rings is 1. The predicted octanol–water partition coefficient (Wildman–Crippen LogP) is 5.84. The number of carboxylic acid groups (broad SMARTS) is 1. The second kappa shape index (κ2) is 10.7. The first-order valence-electron chi connectivity index (χ1n) is 10.5. The van der Waals surface area contributed by atoms with E-state index in [0.717, 1.165) is 27.6 Å². The summed E-state index contributed by atoms with van der Waals surface area (Å²) in [6, 6.07) is 13.2. The molecule has 0 bridgehead atoms. The zero-order valence-electron chi connectivity index (χ0n) is 18.3. The molecule has 2 aromatic heterocycles. The average molecular weight is 498 g/mol. The van der Waals surface area contributed by atoms with Crippen molar-refractivity contribution in [2.75, 3.05) is 13.7 Å². The zero-order valence-corrected chi connectivity index (χ0v) is 19.8. The fourth-order valence-corrected chi connectivity index (χ4v) is 4.08. The first-order valence-corrected chi connectivity index (χ1v) is 11.3. The molecule has 0 aliphatic rings. The summed E-state index contributed by atoms with van der Waals surface area (Å²) in [5, 5.41) is 20.5. The maximum atomic E-state index is 10.7. The Morgan fingerprint density at radius 2 is 1.79 bits per heavy atom. The van der Waals surface area contributed by atoms with Gasteiger partial charge in [-0.2, -0.15) is 5.10 Å². The second-order valence-corrected chi connectivity index (χ2v) is 8.35. The van der Waals surface area contributed by atoms with Gasteiger partial charge in [0, 0.05) is 41.6 Å². The molecule has 174 valence electrons. The van der Waals surface area contributed by atoms with E-state index in [4.69, 9.17) is 37.8 Å². The summed E-state index contributed by atoms with van der Waals surface area (Å²) in [6.45, 7) is 0.308. The molecule has 0 radical (unpaired) electrons. The van der Waals surface area contributed by atoms with Crippen molar-refractivity contribution in [2.24, 2.45) is 0 Å². The lowest BCUT2D eigenvalue weighted by molar-refractivity contribution is -0.137. The number of aromatic nitrogens is 3. The van der Waals surface area contributed by atoms with E-state index in [1.165, 1.54) is 0 Å². The Balaban J connectivity index is 1.72. The lowest BCUT2D eigenvalue weighted by Gasteiger charge is -2.13. The number of methoxy groups -OCH3 is 1. The summed E-state index contributed by atoms with van der Waals surface area (Å²) in [4.78, 5) is 14.7. The van der Waals surface area contributed by atoms with Crippen molar-refractivity contribution in [3.05, 3.63) is 76.2 Å². The number of hydrogen-bond acceptors (Lipinski definition) is 6. The van der Waals surface area contributed by atoms with Crippen molar-refractivity contribution in [3.8, 4) is 22.8 Å². The molecule has 4 rings (SSSR count). The largest absolute Gasteiger partial charge is 0.497 e. The van der Waals surface area contributed by atoms with E-state index in [9.17, 15) is 4.79 Å². The number of aliphatic carboxylic acids is 1. The summed E-state index contributed by atoms with van der Waals surface area (Å²) >= 11 is 12.7. The van der Waals surface area contributed by atoms with Gasteiger partial charge in [-0.15, -0.1) is 5.10 Å². The molecular weight excluding hydrogens is 477 g/mol. The van der Waals surface area contributed by atoms with Gasteiger partial charge in [-0.1, -0.05) is 35.3 Å². The van der Waals surface area contributed by atoms with Crippen molar-refractivity contribution in [2.45, 2.75) is 19.3 Å². The number of ether oxygens (including phenoxy) is 2. The topological polar surface area (TPSA) is 94.4 Å². The fraction of sp³-hybridized carbons (Fsp3) is 0.200. The van der Waals surface area contributed by atoms with Crippen molar-refractivity contribution in [3.63, 3.8) is 0 Å². The molecule has 0 saturated heterocycles. The molecule has 0 atom stereocenters. The van der Waals surface area contributed by atoms with Gasteiger partial charge in [-0.25, -0.2) is 0 Å². The number of nitrogens with zero attached hydrogens (tertiary/aromatic N) is 3. The molecule has 2 heterocycles. The number of fused-ring (bicyclic) bond motifs is 1. The molecule has 7 nitrogen and oxygen atoms in total. The van der Waals surface area contributed by atoms with Gasteiger partial charge >= 0.3 is 5.97 Å². The van der Waals surface area contributed by atoms with Crippen molar-refractivity contribution in [1.82, 2.24) is 15.2 Å². The zero-order chi connectivity index (χ0) is 24.1. The lowest BCUT2D eigenvalue weighted by atomic mass is 10.00. The Bertz CT molecular complexity index is 1330. The van der Waals surface area contributed by atoms with Crippen molar-refractivity contribution < 1.29 is 19.4 Å². The standard InChI is InChI=1S/C25H21Cl2N3O4/c1-33-16-7-8-18-19(11-16)25(15-4-2-5-17(10-15)34-9-3-6-24(31)32)30-29-23(18)12-20-21(26)13-28-14-22(20)27/h2,4-5,7-8,10-11,13-14H,3,6,9,12H2,1H3,(H,31,32). The van der Waals surface area contributed by atoms with Crippen LogP contribution < -0.4 is 9.47 Å². The van der Waals surface area contributed by atoms with E-state index in [1.807, 2.05) is 42.5 Å². The fourth-order valence-electron chi connectivity index (χ4n) is 3.58. The maximum absolute atomic E-state index is 10.7. The molecule has 0 spiro atoms. The molecule has 34 heavy (non-hydrogen) atoms. The monoisotopic (exact) mass is 497 g/mol. The van der Waals surface area contributed by atoms with Crippen LogP contribution in [-0.2, 0) is 11.2 Å². The summed E-state index contributed by atoms with van der Waals surface area (Å²) in [5.41, 5.74) is 2.93. The van der Waals surface area contributed by atoms with Gasteiger partial charge in [0.15, 0.2) is 0 Å². The van der Waals surface area contributed by atoms with Crippen LogP contribution in [0.5, 0.6) is 11.5 Å². The van der Waals surface area contributed by atoms with Gasteiger partial charge in [0.1, 0.15) is 17.2 Å². The lowest BCUT2D eigenvalue weighted by Crippen LogP contribution is -2.03. The van der Waals surface area contributed by atoms with Crippen LogP contribution >= 0.6 is 23.2 Å². The van der Waals surface area contributed by atoms with Crippen molar-refractivity contribution >= 4 is 39.9 Å². The van der Waals surface area contributed by atoms with Crippen LogP contribution in [0.1, 0.15) is 24.1 Å². The molecule has 1 N–H and O–H groups in total. The molecule has 9 heteroatoms. The minimum atomic E-state index is -0.845. The van der Waals surface area contributed by atoms with Crippen LogP contribution in [0.2, 0.25) is 10.0 Å². The van der Waals surface area contributed by atoms with Gasteiger partial charge in [-0.05, 0) is 42.3 Å². The Hall–Kier alpha value is -3.42. The summed E-state index contributed by atoms with van der Waals surface area (Å²) in [6.07, 6.45) is 3.98. The molecule has 0 saturated carbocycles. The smallest absolute Gasteiger partial charge is 0.303 e. The molecule has 2 aromatic carbocycles. The maximum Gasteiger partial charge on any atom is 0.303 e. The minimum Gasteiger partial charge on any atom is -0.497 e.